The topological polar surface area (TPSA) is 105 Å². The van der Waals surface area contributed by atoms with Gasteiger partial charge in [-0.2, -0.15) is 15.3 Å². The highest BCUT2D eigenvalue weighted by atomic mass is 16.1. The van der Waals surface area contributed by atoms with Gasteiger partial charge in [0.05, 0.1) is 30.1 Å². The Balaban J connectivity index is 1.17. The number of ketones is 1. The molecule has 0 amide bonds. The Hall–Kier alpha value is -4.85. The number of pyridine rings is 1. The molecule has 0 atom stereocenters. The van der Waals surface area contributed by atoms with E-state index in [1.54, 1.807) is 18.6 Å². The molecule has 4 aromatic heterocycles. The Morgan fingerprint density at radius 3 is 2.74 bits per heavy atom. The van der Waals surface area contributed by atoms with Gasteiger partial charge in [-0.25, -0.2) is 0 Å². The van der Waals surface area contributed by atoms with Crippen molar-refractivity contribution in [3.63, 3.8) is 0 Å². The minimum Gasteiger partial charge on any atom is -0.292 e. The lowest BCUT2D eigenvalue weighted by Crippen LogP contribution is -2.04. The minimum atomic E-state index is -0.0518. The van der Waals surface area contributed by atoms with Gasteiger partial charge >= 0.3 is 0 Å². The number of rotatable bonds is 7. The summed E-state index contributed by atoms with van der Waals surface area (Å²) in [6.45, 7) is 0.608. The van der Waals surface area contributed by atoms with Crippen LogP contribution in [0.1, 0.15) is 21.6 Å². The van der Waals surface area contributed by atoms with Gasteiger partial charge in [0.25, 0.3) is 0 Å². The van der Waals surface area contributed by atoms with E-state index in [0.717, 1.165) is 44.4 Å². The fourth-order valence-electron chi connectivity index (χ4n) is 4.22. The molecule has 0 fully saturated rings. The van der Waals surface area contributed by atoms with E-state index < -0.39 is 0 Å². The zero-order valence-corrected chi connectivity index (χ0v) is 18.7. The van der Waals surface area contributed by atoms with Crippen LogP contribution in [-0.2, 0) is 13.0 Å². The van der Waals surface area contributed by atoms with Crippen LogP contribution >= 0.6 is 0 Å². The van der Waals surface area contributed by atoms with Gasteiger partial charge in [0.1, 0.15) is 5.69 Å². The molecule has 170 valence electrons. The van der Waals surface area contributed by atoms with E-state index in [-0.39, 0.29) is 12.2 Å². The Morgan fingerprint density at radius 2 is 1.89 bits per heavy atom. The quantitative estimate of drug-likeness (QED) is 0.337. The molecule has 35 heavy (non-hydrogen) atoms. The molecular weight excluding hydrogens is 438 g/mol. The first kappa shape index (κ1) is 20.7. The van der Waals surface area contributed by atoms with E-state index in [0.29, 0.717) is 12.2 Å². The van der Waals surface area contributed by atoms with Gasteiger partial charge in [-0.3, -0.25) is 24.7 Å². The Labute approximate surface area is 200 Å². The summed E-state index contributed by atoms with van der Waals surface area (Å²) in [5, 5.41) is 19.4. The van der Waals surface area contributed by atoms with Crippen molar-refractivity contribution in [3.8, 4) is 22.4 Å². The summed E-state index contributed by atoms with van der Waals surface area (Å²) in [6.07, 6.45) is 9.27. The van der Waals surface area contributed by atoms with Crippen molar-refractivity contribution in [2.45, 2.75) is 13.0 Å². The largest absolute Gasteiger partial charge is 0.292 e. The second kappa shape index (κ2) is 8.83. The fourth-order valence-corrected chi connectivity index (χ4v) is 4.22. The van der Waals surface area contributed by atoms with Crippen molar-refractivity contribution < 1.29 is 4.79 Å². The summed E-state index contributed by atoms with van der Waals surface area (Å²) in [6, 6.07) is 20.0. The number of H-pyrrole nitrogens is 2. The van der Waals surface area contributed by atoms with Gasteiger partial charge in [-0.05, 0) is 47.0 Å². The average Bonchev–Trinajstić information content (AvgIpc) is 3.66. The van der Waals surface area contributed by atoms with Crippen molar-refractivity contribution in [3.05, 3.63) is 108 Å². The van der Waals surface area contributed by atoms with E-state index >= 15 is 0 Å². The predicted molar refractivity (Wildman–Crippen MR) is 133 cm³/mol. The standard InChI is InChI=1S/C27H21N7O/c35-26(27-23-8-7-20(12-25(23)32-33-27)22-14-29-30-15-22)11-19-13-31-34(17-19)16-18-4-3-5-21(10-18)24-6-1-2-9-28-24/h1-10,12-15,17H,11,16H2,(H,29,30)(H,32,33). The molecule has 2 N–H and O–H groups in total. The number of carbonyl (C=O) groups is 1. The molecule has 0 radical (unpaired) electrons. The Morgan fingerprint density at radius 1 is 0.914 bits per heavy atom. The molecule has 6 aromatic rings. The lowest BCUT2D eigenvalue weighted by atomic mass is 10.0. The van der Waals surface area contributed by atoms with E-state index in [1.165, 1.54) is 0 Å². The molecule has 8 nitrogen and oxygen atoms in total. The molecule has 0 saturated heterocycles. The van der Waals surface area contributed by atoms with Crippen LogP contribution in [0.25, 0.3) is 33.3 Å². The molecule has 0 saturated carbocycles. The average molecular weight is 460 g/mol. The van der Waals surface area contributed by atoms with Crippen LogP contribution in [0.2, 0.25) is 0 Å². The molecule has 8 heteroatoms. The SMILES string of the molecule is O=C(Cc1cnn(Cc2cccc(-c3ccccn3)c2)c1)c1n[nH]c2cc(-c3cn[nH]c3)ccc12. The van der Waals surface area contributed by atoms with Crippen molar-refractivity contribution in [1.82, 2.24) is 35.2 Å². The summed E-state index contributed by atoms with van der Waals surface area (Å²) < 4.78 is 1.85. The van der Waals surface area contributed by atoms with Crippen LogP contribution < -0.4 is 0 Å². The zero-order valence-electron chi connectivity index (χ0n) is 18.7. The molecule has 0 aliphatic rings. The maximum absolute atomic E-state index is 13.0. The first-order valence-corrected chi connectivity index (χ1v) is 11.2. The van der Waals surface area contributed by atoms with Gasteiger partial charge in [-0.15, -0.1) is 0 Å². The number of Topliss-reactive ketones (excluding diaryl/α,β-unsaturated/α-hetero) is 1. The summed E-state index contributed by atoms with van der Waals surface area (Å²) >= 11 is 0. The highest BCUT2D eigenvalue weighted by molar-refractivity contribution is 6.07. The number of benzene rings is 2. The Kier molecular flexibility index (Phi) is 5.23. The second-order valence-electron chi connectivity index (χ2n) is 8.38. The maximum atomic E-state index is 13.0. The zero-order chi connectivity index (χ0) is 23.6. The van der Waals surface area contributed by atoms with Gasteiger partial charge < -0.3 is 0 Å². The smallest absolute Gasteiger partial charge is 0.188 e. The van der Waals surface area contributed by atoms with Crippen LogP contribution in [0.15, 0.2) is 91.6 Å². The third kappa shape index (κ3) is 4.24. The first-order chi connectivity index (χ1) is 17.2. The predicted octanol–water partition coefficient (Wildman–Crippen LogP) is 4.69. The molecule has 0 aliphatic heterocycles. The molecular formula is C27H21N7O. The molecule has 2 aromatic carbocycles. The van der Waals surface area contributed by atoms with Crippen molar-refractivity contribution in [1.29, 1.82) is 0 Å². The summed E-state index contributed by atoms with van der Waals surface area (Å²) in [7, 11) is 0. The van der Waals surface area contributed by atoms with Crippen LogP contribution in [-0.4, -0.2) is 40.9 Å². The minimum absolute atomic E-state index is 0.0518. The fraction of sp³-hybridized carbons (Fsp3) is 0.0741. The highest BCUT2D eigenvalue weighted by Gasteiger charge is 2.16. The number of aromatic nitrogens is 7. The molecule has 0 aliphatic carbocycles. The number of hydrogen-bond donors (Lipinski definition) is 2. The van der Waals surface area contributed by atoms with E-state index in [9.17, 15) is 4.79 Å². The van der Waals surface area contributed by atoms with Crippen molar-refractivity contribution in [2.24, 2.45) is 0 Å². The van der Waals surface area contributed by atoms with Gasteiger partial charge in [0, 0.05) is 41.5 Å². The maximum Gasteiger partial charge on any atom is 0.188 e. The monoisotopic (exact) mass is 459 g/mol. The number of aromatic amines is 2. The van der Waals surface area contributed by atoms with Gasteiger partial charge in [0.15, 0.2) is 5.78 Å². The van der Waals surface area contributed by atoms with Crippen LogP contribution in [0, 0.1) is 0 Å². The van der Waals surface area contributed by atoms with Crippen LogP contribution in [0.4, 0.5) is 0 Å². The number of nitrogens with zero attached hydrogens (tertiary/aromatic N) is 5. The van der Waals surface area contributed by atoms with E-state index in [2.05, 4.69) is 42.6 Å². The molecule has 4 heterocycles. The summed E-state index contributed by atoms with van der Waals surface area (Å²) in [5.41, 5.74) is 7.19. The van der Waals surface area contributed by atoms with Gasteiger partial charge in [-0.1, -0.05) is 30.3 Å². The summed E-state index contributed by atoms with van der Waals surface area (Å²) in [4.78, 5) is 17.5. The molecule has 0 bridgehead atoms. The van der Waals surface area contributed by atoms with Crippen molar-refractivity contribution in [2.75, 3.05) is 0 Å². The molecule has 0 unspecified atom stereocenters. The van der Waals surface area contributed by atoms with Gasteiger partial charge in [0.2, 0.25) is 0 Å². The van der Waals surface area contributed by atoms with Crippen LogP contribution in [0.3, 0.4) is 0 Å². The van der Waals surface area contributed by atoms with Crippen LogP contribution in [0.5, 0.6) is 0 Å². The number of carbonyl (C=O) groups excluding carboxylic acids is 1. The molecule has 0 spiro atoms. The number of hydrogen-bond acceptors (Lipinski definition) is 5. The highest BCUT2D eigenvalue weighted by Crippen LogP contribution is 2.25. The lowest BCUT2D eigenvalue weighted by Gasteiger charge is -2.05. The van der Waals surface area contributed by atoms with E-state index in [4.69, 9.17) is 0 Å². The second-order valence-corrected chi connectivity index (χ2v) is 8.38. The third-order valence-electron chi connectivity index (χ3n) is 5.94. The normalized spacial score (nSPS) is 11.2. The first-order valence-electron chi connectivity index (χ1n) is 11.2. The number of nitrogens with one attached hydrogen (secondary N) is 2. The molecule has 6 rings (SSSR count). The number of fused-ring (bicyclic) bond motifs is 1. The van der Waals surface area contributed by atoms with Crippen molar-refractivity contribution >= 4 is 16.7 Å². The third-order valence-corrected chi connectivity index (χ3v) is 5.94. The van der Waals surface area contributed by atoms with E-state index in [1.807, 2.05) is 65.6 Å². The Bertz CT molecular complexity index is 1610. The summed E-state index contributed by atoms with van der Waals surface area (Å²) in [5.74, 6) is -0.0518. The lowest BCUT2D eigenvalue weighted by molar-refractivity contribution is 0.0989.